The van der Waals surface area contributed by atoms with E-state index in [2.05, 4.69) is 30.1 Å². The lowest BCUT2D eigenvalue weighted by atomic mass is 9.91. The minimum atomic E-state index is -0.625. The molecule has 1 aromatic carbocycles. The number of aliphatic hydroxyl groups is 1. The number of fused-ring (bicyclic) bond motifs is 1. The Morgan fingerprint density at radius 3 is 2.82 bits per heavy atom. The van der Waals surface area contributed by atoms with Gasteiger partial charge in [-0.25, -0.2) is 0 Å². The van der Waals surface area contributed by atoms with Crippen molar-refractivity contribution in [3.8, 4) is 0 Å². The Labute approximate surface area is 104 Å². The molecule has 0 radical (unpaired) electrons. The van der Waals surface area contributed by atoms with Gasteiger partial charge in [0.25, 0.3) is 0 Å². The molecule has 94 valence electrons. The van der Waals surface area contributed by atoms with E-state index in [-0.39, 0.29) is 0 Å². The third-order valence-corrected chi connectivity index (χ3v) is 3.41. The topological polar surface area (TPSA) is 23.5 Å². The van der Waals surface area contributed by atoms with E-state index in [9.17, 15) is 5.11 Å². The van der Waals surface area contributed by atoms with Crippen LogP contribution in [0.5, 0.6) is 0 Å². The molecule has 0 saturated heterocycles. The number of aryl methyl sites for hydroxylation is 1. The molecular weight excluding hydrogens is 210 g/mol. The molecule has 0 unspecified atom stereocenters. The fraction of sp³-hybridized carbons (Fsp3) is 0.600. The lowest BCUT2D eigenvalue weighted by Crippen LogP contribution is -2.24. The molecular formula is C15H23NO. The Morgan fingerprint density at radius 2 is 2.12 bits per heavy atom. The summed E-state index contributed by atoms with van der Waals surface area (Å²) in [6.45, 7) is 5.94. The third-order valence-electron chi connectivity index (χ3n) is 3.41. The summed E-state index contributed by atoms with van der Waals surface area (Å²) < 4.78 is 0. The molecule has 0 saturated carbocycles. The number of hydrogen-bond acceptors (Lipinski definition) is 2. The zero-order valence-corrected chi connectivity index (χ0v) is 11.2. The van der Waals surface area contributed by atoms with Crippen LogP contribution in [0.3, 0.4) is 0 Å². The van der Waals surface area contributed by atoms with Crippen LogP contribution in [0.1, 0.15) is 37.0 Å². The van der Waals surface area contributed by atoms with Gasteiger partial charge in [0.1, 0.15) is 0 Å². The van der Waals surface area contributed by atoms with Gasteiger partial charge >= 0.3 is 0 Å². The SMILES string of the molecule is CN1CCCc2cccc(CC(C)(C)O)c2C1. The van der Waals surface area contributed by atoms with Crippen LogP contribution in [0, 0.1) is 0 Å². The van der Waals surface area contributed by atoms with Gasteiger partial charge in [-0.2, -0.15) is 0 Å². The summed E-state index contributed by atoms with van der Waals surface area (Å²) in [5.41, 5.74) is 3.59. The van der Waals surface area contributed by atoms with Crippen molar-refractivity contribution in [3.63, 3.8) is 0 Å². The second-order valence-corrected chi connectivity index (χ2v) is 5.89. The minimum absolute atomic E-state index is 0.625. The van der Waals surface area contributed by atoms with Crippen molar-refractivity contribution in [2.45, 2.75) is 45.3 Å². The van der Waals surface area contributed by atoms with Gasteiger partial charge in [0.2, 0.25) is 0 Å². The van der Waals surface area contributed by atoms with Gasteiger partial charge in [-0.1, -0.05) is 18.2 Å². The van der Waals surface area contributed by atoms with E-state index in [0.717, 1.165) is 19.5 Å². The summed E-state index contributed by atoms with van der Waals surface area (Å²) in [7, 11) is 2.18. The predicted molar refractivity (Wildman–Crippen MR) is 71.1 cm³/mol. The zero-order valence-electron chi connectivity index (χ0n) is 11.2. The van der Waals surface area contributed by atoms with Crippen molar-refractivity contribution >= 4 is 0 Å². The molecule has 2 heteroatoms. The molecule has 0 fully saturated rings. The van der Waals surface area contributed by atoms with Gasteiger partial charge in [0, 0.05) is 13.0 Å². The molecule has 1 N–H and O–H groups in total. The maximum atomic E-state index is 10.00. The van der Waals surface area contributed by atoms with Gasteiger partial charge < -0.3 is 10.0 Å². The molecule has 17 heavy (non-hydrogen) atoms. The molecule has 1 heterocycles. The van der Waals surface area contributed by atoms with Gasteiger partial charge in [0.05, 0.1) is 5.60 Å². The molecule has 0 amide bonds. The van der Waals surface area contributed by atoms with Crippen molar-refractivity contribution in [2.24, 2.45) is 0 Å². The summed E-state index contributed by atoms with van der Waals surface area (Å²) in [6.07, 6.45) is 3.14. The Balaban J connectivity index is 2.34. The van der Waals surface area contributed by atoms with Crippen LogP contribution in [-0.2, 0) is 19.4 Å². The molecule has 0 bridgehead atoms. The van der Waals surface area contributed by atoms with E-state index in [1.807, 2.05) is 13.8 Å². The Hall–Kier alpha value is -0.860. The van der Waals surface area contributed by atoms with Crippen molar-refractivity contribution in [1.29, 1.82) is 0 Å². The van der Waals surface area contributed by atoms with Crippen molar-refractivity contribution in [2.75, 3.05) is 13.6 Å². The number of hydrogen-bond donors (Lipinski definition) is 1. The van der Waals surface area contributed by atoms with Gasteiger partial charge in [-0.3, -0.25) is 0 Å². The summed E-state index contributed by atoms with van der Waals surface area (Å²) in [5, 5.41) is 10.00. The van der Waals surface area contributed by atoms with Crippen LogP contribution >= 0.6 is 0 Å². The highest BCUT2D eigenvalue weighted by Crippen LogP contribution is 2.24. The fourth-order valence-corrected chi connectivity index (χ4v) is 2.65. The van der Waals surface area contributed by atoms with Crippen LogP contribution in [0.4, 0.5) is 0 Å². The van der Waals surface area contributed by atoms with E-state index in [4.69, 9.17) is 0 Å². The average Bonchev–Trinajstić information content (AvgIpc) is 2.38. The number of benzene rings is 1. The first-order valence-electron chi connectivity index (χ1n) is 6.46. The van der Waals surface area contributed by atoms with E-state index >= 15 is 0 Å². The Bertz CT molecular complexity index is 392. The van der Waals surface area contributed by atoms with E-state index < -0.39 is 5.60 Å². The van der Waals surface area contributed by atoms with Crippen LogP contribution in [-0.4, -0.2) is 29.2 Å². The van der Waals surface area contributed by atoms with Crippen molar-refractivity contribution < 1.29 is 5.11 Å². The smallest absolute Gasteiger partial charge is 0.0632 e. The average molecular weight is 233 g/mol. The monoisotopic (exact) mass is 233 g/mol. The first kappa shape index (κ1) is 12.6. The summed E-state index contributed by atoms with van der Waals surface area (Å²) in [5.74, 6) is 0. The highest BCUT2D eigenvalue weighted by atomic mass is 16.3. The summed E-state index contributed by atoms with van der Waals surface area (Å²) >= 11 is 0. The molecule has 1 aliphatic heterocycles. The third kappa shape index (κ3) is 3.30. The number of rotatable bonds is 2. The van der Waals surface area contributed by atoms with Gasteiger partial charge in [-0.15, -0.1) is 0 Å². The van der Waals surface area contributed by atoms with E-state index in [1.165, 1.54) is 29.5 Å². The standard InChI is InChI=1S/C15H23NO/c1-15(2,17)10-13-7-4-6-12-8-5-9-16(3)11-14(12)13/h4,6-7,17H,5,8-11H2,1-3H3. The predicted octanol–water partition coefficient (Wildman–Crippen LogP) is 2.38. The van der Waals surface area contributed by atoms with E-state index in [0.29, 0.717) is 0 Å². The van der Waals surface area contributed by atoms with Crippen LogP contribution in [0.2, 0.25) is 0 Å². The first-order valence-corrected chi connectivity index (χ1v) is 6.46. The normalized spacial score (nSPS) is 17.6. The van der Waals surface area contributed by atoms with Crippen LogP contribution < -0.4 is 0 Å². The second-order valence-electron chi connectivity index (χ2n) is 5.89. The lowest BCUT2D eigenvalue weighted by molar-refractivity contribution is 0.0806. The zero-order chi connectivity index (χ0) is 12.5. The Morgan fingerprint density at radius 1 is 1.35 bits per heavy atom. The maximum Gasteiger partial charge on any atom is 0.0632 e. The largest absolute Gasteiger partial charge is 0.390 e. The molecule has 0 spiro atoms. The molecule has 2 nitrogen and oxygen atoms in total. The fourth-order valence-electron chi connectivity index (χ4n) is 2.65. The van der Waals surface area contributed by atoms with Crippen molar-refractivity contribution in [1.82, 2.24) is 4.90 Å². The maximum absolute atomic E-state index is 10.00. The summed E-state index contributed by atoms with van der Waals surface area (Å²) in [6, 6.07) is 6.53. The molecule has 1 aliphatic rings. The number of nitrogens with zero attached hydrogens (tertiary/aromatic N) is 1. The quantitative estimate of drug-likeness (QED) is 0.848. The molecule has 0 aliphatic carbocycles. The molecule has 0 atom stereocenters. The second kappa shape index (κ2) is 4.79. The van der Waals surface area contributed by atoms with E-state index in [1.54, 1.807) is 0 Å². The van der Waals surface area contributed by atoms with Crippen LogP contribution in [0.25, 0.3) is 0 Å². The lowest BCUT2D eigenvalue weighted by Gasteiger charge is -2.22. The van der Waals surface area contributed by atoms with Crippen LogP contribution in [0.15, 0.2) is 18.2 Å². The minimum Gasteiger partial charge on any atom is -0.390 e. The highest BCUT2D eigenvalue weighted by Gasteiger charge is 2.19. The molecule has 1 aromatic rings. The Kier molecular flexibility index (Phi) is 3.55. The molecule has 0 aromatic heterocycles. The first-order chi connectivity index (χ1) is 7.96. The van der Waals surface area contributed by atoms with Gasteiger partial charge in [0.15, 0.2) is 0 Å². The van der Waals surface area contributed by atoms with Gasteiger partial charge in [-0.05, 0) is 57.0 Å². The highest BCUT2D eigenvalue weighted by molar-refractivity contribution is 5.37. The van der Waals surface area contributed by atoms with Crippen molar-refractivity contribution in [3.05, 3.63) is 34.9 Å². The molecule has 2 rings (SSSR count). The summed E-state index contributed by atoms with van der Waals surface area (Å²) in [4.78, 5) is 2.37.